The summed E-state index contributed by atoms with van der Waals surface area (Å²) in [6.45, 7) is 2.64. The van der Waals surface area contributed by atoms with E-state index in [0.29, 0.717) is 6.54 Å². The zero-order valence-corrected chi connectivity index (χ0v) is 11.9. The lowest BCUT2D eigenvalue weighted by molar-refractivity contribution is 0.625. The third kappa shape index (κ3) is 3.07. The molecule has 0 aliphatic carbocycles. The minimum atomic E-state index is -0.207. The van der Waals surface area contributed by atoms with E-state index in [1.807, 2.05) is 31.0 Å². The molecule has 0 bridgehead atoms. The van der Waals surface area contributed by atoms with E-state index >= 15 is 0 Å². The number of pyridine rings is 1. The van der Waals surface area contributed by atoms with Crippen LogP contribution in [0.2, 0.25) is 0 Å². The standard InChI is InChI=1S/C14H14BrFN2/c1-10-6-12(15)8-17-14(10)18(2)9-11-4-3-5-13(16)7-11/h3-8H,9H2,1-2H3. The second-order valence-corrected chi connectivity index (χ2v) is 5.20. The zero-order chi connectivity index (χ0) is 13.1. The molecule has 0 atom stereocenters. The first-order valence-electron chi connectivity index (χ1n) is 5.64. The molecule has 0 saturated heterocycles. The number of aryl methyl sites for hydroxylation is 1. The lowest BCUT2D eigenvalue weighted by Gasteiger charge is -2.20. The summed E-state index contributed by atoms with van der Waals surface area (Å²) < 4.78 is 14.1. The van der Waals surface area contributed by atoms with Crippen molar-refractivity contribution in [2.24, 2.45) is 0 Å². The summed E-state index contributed by atoms with van der Waals surface area (Å²) in [4.78, 5) is 6.39. The molecule has 1 heterocycles. The van der Waals surface area contributed by atoms with Crippen LogP contribution < -0.4 is 4.90 Å². The number of aromatic nitrogens is 1. The Balaban J connectivity index is 2.19. The van der Waals surface area contributed by atoms with Crippen LogP contribution in [0.5, 0.6) is 0 Å². The summed E-state index contributed by atoms with van der Waals surface area (Å²) in [5.41, 5.74) is 2.02. The second-order valence-electron chi connectivity index (χ2n) is 4.28. The van der Waals surface area contributed by atoms with Crippen molar-refractivity contribution in [3.8, 4) is 0 Å². The number of halogens is 2. The van der Waals surface area contributed by atoms with Crippen LogP contribution in [0.25, 0.3) is 0 Å². The third-order valence-electron chi connectivity index (χ3n) is 2.69. The van der Waals surface area contributed by atoms with Crippen molar-refractivity contribution in [2.45, 2.75) is 13.5 Å². The fourth-order valence-corrected chi connectivity index (χ4v) is 2.36. The Labute approximate surface area is 115 Å². The van der Waals surface area contributed by atoms with Gasteiger partial charge in [0.05, 0.1) is 0 Å². The Kier molecular flexibility index (Phi) is 3.97. The smallest absolute Gasteiger partial charge is 0.131 e. The van der Waals surface area contributed by atoms with Gasteiger partial charge in [0.25, 0.3) is 0 Å². The molecule has 2 nitrogen and oxygen atoms in total. The van der Waals surface area contributed by atoms with Gasteiger partial charge in [0.1, 0.15) is 11.6 Å². The van der Waals surface area contributed by atoms with Gasteiger partial charge < -0.3 is 4.90 Å². The van der Waals surface area contributed by atoms with Crippen molar-refractivity contribution in [3.05, 3.63) is 57.9 Å². The minimum absolute atomic E-state index is 0.207. The third-order valence-corrected chi connectivity index (χ3v) is 3.12. The first-order valence-corrected chi connectivity index (χ1v) is 6.43. The lowest BCUT2D eigenvalue weighted by Crippen LogP contribution is -2.18. The predicted molar refractivity (Wildman–Crippen MR) is 75.2 cm³/mol. The van der Waals surface area contributed by atoms with Crippen molar-refractivity contribution in [1.29, 1.82) is 0 Å². The molecule has 0 saturated carbocycles. The van der Waals surface area contributed by atoms with Crippen LogP contribution in [0.4, 0.5) is 10.2 Å². The second kappa shape index (κ2) is 5.48. The summed E-state index contributed by atoms with van der Waals surface area (Å²) >= 11 is 3.39. The number of anilines is 1. The zero-order valence-electron chi connectivity index (χ0n) is 10.3. The number of hydrogen-bond donors (Lipinski definition) is 0. The maximum absolute atomic E-state index is 13.1. The Morgan fingerprint density at radius 3 is 2.78 bits per heavy atom. The molecule has 0 N–H and O–H groups in total. The van der Waals surface area contributed by atoms with Gasteiger partial charge in [-0.3, -0.25) is 0 Å². The highest BCUT2D eigenvalue weighted by atomic mass is 79.9. The quantitative estimate of drug-likeness (QED) is 0.854. The van der Waals surface area contributed by atoms with Crippen molar-refractivity contribution in [1.82, 2.24) is 4.98 Å². The van der Waals surface area contributed by atoms with Gasteiger partial charge in [-0.25, -0.2) is 9.37 Å². The number of rotatable bonds is 3. The number of nitrogens with zero attached hydrogens (tertiary/aromatic N) is 2. The molecule has 94 valence electrons. The van der Waals surface area contributed by atoms with Crippen LogP contribution in [0.1, 0.15) is 11.1 Å². The summed E-state index contributed by atoms with van der Waals surface area (Å²) in [5, 5.41) is 0. The number of benzene rings is 1. The lowest BCUT2D eigenvalue weighted by atomic mass is 10.2. The van der Waals surface area contributed by atoms with Crippen LogP contribution in [-0.2, 0) is 6.54 Å². The highest BCUT2D eigenvalue weighted by molar-refractivity contribution is 9.10. The summed E-state index contributed by atoms with van der Waals surface area (Å²) in [6.07, 6.45) is 1.77. The molecule has 0 radical (unpaired) electrons. The van der Waals surface area contributed by atoms with Gasteiger partial charge in [0, 0.05) is 24.3 Å². The average molecular weight is 309 g/mol. The molecule has 0 aliphatic rings. The van der Waals surface area contributed by atoms with Gasteiger partial charge in [-0.15, -0.1) is 0 Å². The normalized spacial score (nSPS) is 10.4. The average Bonchev–Trinajstić information content (AvgIpc) is 2.28. The molecule has 1 aromatic heterocycles. The van der Waals surface area contributed by atoms with Crippen LogP contribution >= 0.6 is 15.9 Å². The fourth-order valence-electron chi connectivity index (χ4n) is 1.92. The maximum Gasteiger partial charge on any atom is 0.131 e. The molecule has 0 spiro atoms. The Morgan fingerprint density at radius 1 is 1.33 bits per heavy atom. The van der Waals surface area contributed by atoms with Gasteiger partial charge in [-0.1, -0.05) is 12.1 Å². The summed E-state index contributed by atoms with van der Waals surface area (Å²) in [5.74, 6) is 0.698. The van der Waals surface area contributed by atoms with Gasteiger partial charge in [0.2, 0.25) is 0 Å². The molecular weight excluding hydrogens is 295 g/mol. The highest BCUT2D eigenvalue weighted by Gasteiger charge is 2.07. The predicted octanol–water partition coefficient (Wildman–Crippen LogP) is 3.93. The molecule has 1 aromatic carbocycles. The van der Waals surface area contributed by atoms with Gasteiger partial charge >= 0.3 is 0 Å². The van der Waals surface area contributed by atoms with Crippen LogP contribution in [0.15, 0.2) is 41.0 Å². The van der Waals surface area contributed by atoms with E-state index in [1.54, 1.807) is 18.3 Å². The number of hydrogen-bond acceptors (Lipinski definition) is 2. The molecule has 0 amide bonds. The highest BCUT2D eigenvalue weighted by Crippen LogP contribution is 2.21. The summed E-state index contributed by atoms with van der Waals surface area (Å²) in [7, 11) is 1.95. The van der Waals surface area contributed by atoms with E-state index in [1.165, 1.54) is 6.07 Å². The fraction of sp³-hybridized carbons (Fsp3) is 0.214. The molecule has 18 heavy (non-hydrogen) atoms. The molecular formula is C14H14BrFN2. The van der Waals surface area contributed by atoms with Gasteiger partial charge in [-0.2, -0.15) is 0 Å². The van der Waals surface area contributed by atoms with E-state index in [4.69, 9.17) is 0 Å². The van der Waals surface area contributed by atoms with Crippen molar-refractivity contribution in [2.75, 3.05) is 11.9 Å². The van der Waals surface area contributed by atoms with E-state index < -0.39 is 0 Å². The largest absolute Gasteiger partial charge is 0.355 e. The van der Waals surface area contributed by atoms with Crippen molar-refractivity contribution in [3.63, 3.8) is 0 Å². The van der Waals surface area contributed by atoms with E-state index in [2.05, 4.69) is 20.9 Å². The molecule has 0 unspecified atom stereocenters. The Bertz CT molecular complexity index is 557. The maximum atomic E-state index is 13.1. The molecule has 2 rings (SSSR count). The van der Waals surface area contributed by atoms with Gasteiger partial charge in [0.15, 0.2) is 0 Å². The van der Waals surface area contributed by atoms with E-state index in [0.717, 1.165) is 21.4 Å². The van der Waals surface area contributed by atoms with Crippen molar-refractivity contribution >= 4 is 21.7 Å². The Hall–Kier alpha value is -1.42. The Morgan fingerprint density at radius 2 is 2.11 bits per heavy atom. The molecule has 4 heteroatoms. The molecule has 0 aliphatic heterocycles. The summed E-state index contributed by atoms with van der Waals surface area (Å²) in [6, 6.07) is 8.65. The first-order chi connectivity index (χ1) is 8.56. The van der Waals surface area contributed by atoms with Crippen molar-refractivity contribution < 1.29 is 4.39 Å². The van der Waals surface area contributed by atoms with Crippen LogP contribution in [0, 0.1) is 12.7 Å². The van der Waals surface area contributed by atoms with Crippen LogP contribution in [0.3, 0.4) is 0 Å². The van der Waals surface area contributed by atoms with E-state index in [9.17, 15) is 4.39 Å². The first kappa shape index (κ1) is 13.0. The van der Waals surface area contributed by atoms with Crippen LogP contribution in [-0.4, -0.2) is 12.0 Å². The topological polar surface area (TPSA) is 16.1 Å². The molecule has 0 fully saturated rings. The van der Waals surface area contributed by atoms with Gasteiger partial charge in [-0.05, 0) is 52.2 Å². The SMILES string of the molecule is Cc1cc(Br)cnc1N(C)Cc1cccc(F)c1. The monoisotopic (exact) mass is 308 g/mol. The minimum Gasteiger partial charge on any atom is -0.355 e. The molecule has 2 aromatic rings. The van der Waals surface area contributed by atoms with E-state index in [-0.39, 0.29) is 5.82 Å².